The first kappa shape index (κ1) is 12.5. The Kier molecular flexibility index (Phi) is 3.79. The Balaban J connectivity index is 3.14. The van der Waals surface area contributed by atoms with Crippen molar-refractivity contribution in [2.24, 2.45) is 5.73 Å². The van der Waals surface area contributed by atoms with Crippen molar-refractivity contribution < 1.29 is 4.39 Å². The van der Waals surface area contributed by atoms with Gasteiger partial charge < -0.3 is 5.73 Å². The van der Waals surface area contributed by atoms with E-state index in [1.54, 1.807) is 6.07 Å². The molecule has 1 rings (SSSR count). The molecule has 0 heterocycles. The summed E-state index contributed by atoms with van der Waals surface area (Å²) in [6, 6.07) is 4.95. The molecule has 15 heavy (non-hydrogen) atoms. The zero-order valence-corrected chi connectivity index (χ0v) is 10.5. The molecule has 0 bridgehead atoms. The lowest BCUT2D eigenvalue weighted by atomic mass is 10.1. The van der Waals surface area contributed by atoms with Crippen LogP contribution in [0.25, 0.3) is 0 Å². The third-order valence-electron chi connectivity index (χ3n) is 1.90. The number of hydrogen-bond donors (Lipinski definition) is 1. The van der Waals surface area contributed by atoms with E-state index < -0.39 is 0 Å². The average molecular weight is 227 g/mol. The molecule has 0 aliphatic heterocycles. The maximum Gasteiger partial charge on any atom is 0.137 e. The molecular weight excluding hydrogens is 209 g/mol. The maximum atomic E-state index is 13.7. The SMILES string of the molecule is CC(N)c1cccc(F)c1SC(C)(C)C. The zero-order valence-electron chi connectivity index (χ0n) is 9.67. The Morgan fingerprint density at radius 2 is 1.93 bits per heavy atom. The second-order valence-electron chi connectivity index (χ2n) is 4.66. The van der Waals surface area contributed by atoms with Crippen LogP contribution in [0.4, 0.5) is 4.39 Å². The van der Waals surface area contributed by atoms with Gasteiger partial charge >= 0.3 is 0 Å². The Hall–Kier alpha value is -0.540. The molecule has 0 saturated heterocycles. The minimum Gasteiger partial charge on any atom is -0.324 e. The zero-order chi connectivity index (χ0) is 11.6. The summed E-state index contributed by atoms with van der Waals surface area (Å²) in [4.78, 5) is 0.681. The Labute approximate surface area is 95.2 Å². The quantitative estimate of drug-likeness (QED) is 0.779. The van der Waals surface area contributed by atoms with Crippen molar-refractivity contribution in [1.82, 2.24) is 0 Å². The van der Waals surface area contributed by atoms with Crippen LogP contribution < -0.4 is 5.73 Å². The monoisotopic (exact) mass is 227 g/mol. The van der Waals surface area contributed by atoms with Crippen LogP contribution in [0.1, 0.15) is 39.3 Å². The van der Waals surface area contributed by atoms with E-state index in [0.717, 1.165) is 5.56 Å². The predicted octanol–water partition coefficient (Wildman–Crippen LogP) is 3.74. The molecule has 1 aromatic carbocycles. The second-order valence-corrected chi connectivity index (χ2v) is 6.50. The van der Waals surface area contributed by atoms with Gasteiger partial charge in [0.25, 0.3) is 0 Å². The molecule has 0 spiro atoms. The predicted molar refractivity (Wildman–Crippen MR) is 64.6 cm³/mol. The summed E-state index contributed by atoms with van der Waals surface area (Å²) >= 11 is 1.53. The van der Waals surface area contributed by atoms with Crippen LogP contribution in [0, 0.1) is 5.82 Å². The van der Waals surface area contributed by atoms with E-state index in [9.17, 15) is 4.39 Å². The van der Waals surface area contributed by atoms with Gasteiger partial charge in [0.15, 0.2) is 0 Å². The highest BCUT2D eigenvalue weighted by Crippen LogP contribution is 2.37. The molecule has 84 valence electrons. The molecule has 0 fully saturated rings. The van der Waals surface area contributed by atoms with Gasteiger partial charge in [-0.1, -0.05) is 32.9 Å². The molecule has 1 nitrogen and oxygen atoms in total. The number of thioether (sulfide) groups is 1. The molecule has 2 N–H and O–H groups in total. The van der Waals surface area contributed by atoms with E-state index in [2.05, 4.69) is 20.8 Å². The van der Waals surface area contributed by atoms with Crippen molar-refractivity contribution in [2.45, 2.75) is 43.4 Å². The molecular formula is C12H18FNS. The van der Waals surface area contributed by atoms with Crippen molar-refractivity contribution >= 4 is 11.8 Å². The molecule has 0 aliphatic carbocycles. The fourth-order valence-electron chi connectivity index (χ4n) is 1.30. The van der Waals surface area contributed by atoms with Crippen molar-refractivity contribution in [2.75, 3.05) is 0 Å². The van der Waals surface area contributed by atoms with Gasteiger partial charge in [-0.2, -0.15) is 0 Å². The molecule has 0 aromatic heterocycles. The highest BCUT2D eigenvalue weighted by atomic mass is 32.2. The van der Waals surface area contributed by atoms with Gasteiger partial charge in [-0.3, -0.25) is 0 Å². The van der Waals surface area contributed by atoms with Crippen LogP contribution in [0.5, 0.6) is 0 Å². The fraction of sp³-hybridized carbons (Fsp3) is 0.500. The average Bonchev–Trinajstić information content (AvgIpc) is 2.05. The summed E-state index contributed by atoms with van der Waals surface area (Å²) in [6.45, 7) is 8.07. The standard InChI is InChI=1S/C12H18FNS/c1-8(14)9-6-5-7-10(13)11(9)15-12(2,3)4/h5-8H,14H2,1-4H3. The van der Waals surface area contributed by atoms with Crippen molar-refractivity contribution in [3.8, 4) is 0 Å². The Morgan fingerprint density at radius 3 is 2.40 bits per heavy atom. The van der Waals surface area contributed by atoms with E-state index >= 15 is 0 Å². The molecule has 0 aliphatic rings. The lowest BCUT2D eigenvalue weighted by molar-refractivity contribution is 0.589. The van der Waals surface area contributed by atoms with Gasteiger partial charge in [-0.15, -0.1) is 11.8 Å². The number of rotatable bonds is 2. The van der Waals surface area contributed by atoms with Crippen LogP contribution in [-0.2, 0) is 0 Å². The van der Waals surface area contributed by atoms with Crippen LogP contribution in [-0.4, -0.2) is 4.75 Å². The van der Waals surface area contributed by atoms with E-state index in [-0.39, 0.29) is 16.6 Å². The van der Waals surface area contributed by atoms with Gasteiger partial charge in [0, 0.05) is 15.7 Å². The highest BCUT2D eigenvalue weighted by molar-refractivity contribution is 8.00. The molecule has 1 unspecified atom stereocenters. The minimum atomic E-state index is -0.176. The summed E-state index contributed by atoms with van der Waals surface area (Å²) in [7, 11) is 0. The van der Waals surface area contributed by atoms with Crippen molar-refractivity contribution in [3.05, 3.63) is 29.6 Å². The molecule has 1 atom stereocenters. The molecule has 0 saturated carbocycles. The fourth-order valence-corrected chi connectivity index (χ4v) is 2.45. The minimum absolute atomic E-state index is 0.00810. The molecule has 0 radical (unpaired) electrons. The second kappa shape index (κ2) is 4.54. The van der Waals surface area contributed by atoms with E-state index in [0.29, 0.717) is 4.90 Å². The largest absolute Gasteiger partial charge is 0.324 e. The van der Waals surface area contributed by atoms with Crippen LogP contribution in [0.3, 0.4) is 0 Å². The lowest BCUT2D eigenvalue weighted by Gasteiger charge is -2.21. The summed E-state index contributed by atoms with van der Waals surface area (Å²) < 4.78 is 13.7. The van der Waals surface area contributed by atoms with Gasteiger partial charge in [0.1, 0.15) is 5.82 Å². The summed E-state index contributed by atoms with van der Waals surface area (Å²) in [5, 5.41) is 0. The number of benzene rings is 1. The van der Waals surface area contributed by atoms with Gasteiger partial charge in [0.05, 0.1) is 0 Å². The summed E-state index contributed by atoms with van der Waals surface area (Å²) in [6.07, 6.45) is 0. The maximum absolute atomic E-state index is 13.7. The van der Waals surface area contributed by atoms with Crippen molar-refractivity contribution in [1.29, 1.82) is 0 Å². The molecule has 0 amide bonds. The van der Waals surface area contributed by atoms with Crippen LogP contribution in [0.15, 0.2) is 23.1 Å². The summed E-state index contributed by atoms with van der Waals surface area (Å²) in [5.41, 5.74) is 6.71. The van der Waals surface area contributed by atoms with Gasteiger partial charge in [-0.25, -0.2) is 4.39 Å². The third-order valence-corrected chi connectivity index (χ3v) is 3.14. The number of nitrogens with two attached hydrogens (primary N) is 1. The highest BCUT2D eigenvalue weighted by Gasteiger charge is 2.19. The molecule has 1 aromatic rings. The Morgan fingerprint density at radius 1 is 1.33 bits per heavy atom. The smallest absolute Gasteiger partial charge is 0.137 e. The van der Waals surface area contributed by atoms with Crippen LogP contribution in [0.2, 0.25) is 0 Å². The Bertz CT molecular complexity index is 342. The van der Waals surface area contributed by atoms with Gasteiger partial charge in [0.2, 0.25) is 0 Å². The van der Waals surface area contributed by atoms with E-state index in [1.165, 1.54) is 17.8 Å². The summed E-state index contributed by atoms with van der Waals surface area (Å²) in [5.74, 6) is -0.176. The lowest BCUT2D eigenvalue weighted by Crippen LogP contribution is -2.12. The molecule has 3 heteroatoms. The van der Waals surface area contributed by atoms with Crippen molar-refractivity contribution in [3.63, 3.8) is 0 Å². The number of hydrogen-bond acceptors (Lipinski definition) is 2. The van der Waals surface area contributed by atoms with Crippen LogP contribution >= 0.6 is 11.8 Å². The van der Waals surface area contributed by atoms with Gasteiger partial charge in [-0.05, 0) is 18.6 Å². The first-order valence-corrected chi connectivity index (χ1v) is 5.86. The first-order chi connectivity index (χ1) is 6.81. The van der Waals surface area contributed by atoms with E-state index in [1.807, 2.05) is 13.0 Å². The topological polar surface area (TPSA) is 26.0 Å². The first-order valence-electron chi connectivity index (χ1n) is 5.04. The van der Waals surface area contributed by atoms with E-state index in [4.69, 9.17) is 5.73 Å². The third kappa shape index (κ3) is 3.50. The number of halogens is 1. The normalized spacial score (nSPS) is 14.0.